The molecule has 0 aliphatic carbocycles. The minimum Gasteiger partial charge on any atom is -0.370 e. The van der Waals surface area contributed by atoms with E-state index in [2.05, 4.69) is 15.3 Å². The van der Waals surface area contributed by atoms with Gasteiger partial charge in [-0.15, -0.1) is 0 Å². The fourth-order valence-corrected chi connectivity index (χ4v) is 6.64. The molecule has 1 aromatic carbocycles. The molecule has 3 aliphatic rings. The topological polar surface area (TPSA) is 104 Å². The lowest BCUT2D eigenvalue weighted by molar-refractivity contribution is -0.119. The molecule has 9 heteroatoms. The van der Waals surface area contributed by atoms with Crippen molar-refractivity contribution < 1.29 is 17.9 Å². The Morgan fingerprint density at radius 1 is 1.48 bits per heavy atom. The van der Waals surface area contributed by atoms with Crippen LogP contribution in [0.1, 0.15) is 19.8 Å². The number of nitrogens with zero attached hydrogens (tertiary/aromatic N) is 2. The van der Waals surface area contributed by atoms with Gasteiger partial charge in [0.2, 0.25) is 15.9 Å². The van der Waals surface area contributed by atoms with E-state index in [4.69, 9.17) is 4.74 Å². The Labute approximate surface area is 157 Å². The summed E-state index contributed by atoms with van der Waals surface area (Å²) in [5.41, 5.74) is 1.04. The molecule has 8 nitrogen and oxygen atoms in total. The third-order valence-electron chi connectivity index (χ3n) is 6.37. The third kappa shape index (κ3) is 2.52. The standard InChI is InChI=1S/C18H22N4O4S/c1-11(23)19-7-13-14-8-22(9-18(14)5-4-17(13)26-18)27(24,25)12-2-3-15-16(6-12)21-10-20-15/h2-3,6,10,13-14,17H,4-5,7-9H2,1H3,(H,19,23)(H,20,21)/t13-,14+,17+,18+/m0/s1. The van der Waals surface area contributed by atoms with Crippen molar-refractivity contribution in [2.75, 3.05) is 19.6 Å². The number of aromatic nitrogens is 2. The maximum absolute atomic E-state index is 13.2. The highest BCUT2D eigenvalue weighted by Gasteiger charge is 2.64. The first-order valence-corrected chi connectivity index (χ1v) is 10.7. The summed E-state index contributed by atoms with van der Waals surface area (Å²) in [6.07, 6.45) is 3.48. The van der Waals surface area contributed by atoms with Gasteiger partial charge < -0.3 is 15.0 Å². The molecule has 2 bridgehead atoms. The van der Waals surface area contributed by atoms with E-state index >= 15 is 0 Å². The number of hydrogen-bond donors (Lipinski definition) is 2. The highest BCUT2D eigenvalue weighted by molar-refractivity contribution is 7.89. The minimum absolute atomic E-state index is 0.0674. The van der Waals surface area contributed by atoms with Gasteiger partial charge >= 0.3 is 0 Å². The largest absolute Gasteiger partial charge is 0.370 e. The Kier molecular flexibility index (Phi) is 3.66. The van der Waals surface area contributed by atoms with Gasteiger partial charge in [-0.3, -0.25) is 4.79 Å². The van der Waals surface area contributed by atoms with Gasteiger partial charge in [-0.05, 0) is 31.0 Å². The molecule has 3 aliphatic heterocycles. The Balaban J connectivity index is 1.43. The van der Waals surface area contributed by atoms with Crippen LogP contribution in [0.25, 0.3) is 11.0 Å². The number of fused-ring (bicyclic) bond motifs is 2. The summed E-state index contributed by atoms with van der Waals surface area (Å²) in [5, 5.41) is 2.89. The predicted octanol–water partition coefficient (Wildman–Crippen LogP) is 0.867. The van der Waals surface area contributed by atoms with Crippen LogP contribution in [0.5, 0.6) is 0 Å². The number of carbonyl (C=O) groups excluding carboxylic acids is 1. The molecule has 3 saturated heterocycles. The predicted molar refractivity (Wildman–Crippen MR) is 97.4 cm³/mol. The van der Waals surface area contributed by atoms with Gasteiger partial charge in [0.15, 0.2) is 0 Å². The van der Waals surface area contributed by atoms with E-state index in [1.807, 2.05) is 0 Å². The first-order chi connectivity index (χ1) is 12.9. The van der Waals surface area contributed by atoms with E-state index < -0.39 is 15.6 Å². The first kappa shape index (κ1) is 17.2. The summed E-state index contributed by atoms with van der Waals surface area (Å²) in [5.74, 6) is 0.217. The van der Waals surface area contributed by atoms with Crippen LogP contribution in [0.4, 0.5) is 0 Å². The molecule has 0 radical (unpaired) electrons. The number of carbonyl (C=O) groups is 1. The molecule has 3 fully saturated rings. The van der Waals surface area contributed by atoms with Crippen LogP contribution in [0, 0.1) is 11.8 Å². The molecule has 1 spiro atoms. The van der Waals surface area contributed by atoms with Gasteiger partial charge in [-0.25, -0.2) is 13.4 Å². The fourth-order valence-electron chi connectivity index (χ4n) is 5.09. The highest BCUT2D eigenvalue weighted by Crippen LogP contribution is 2.55. The molecule has 2 aromatic rings. The van der Waals surface area contributed by atoms with Crippen LogP contribution in [0.15, 0.2) is 29.4 Å². The van der Waals surface area contributed by atoms with Crippen molar-refractivity contribution in [1.82, 2.24) is 19.6 Å². The molecule has 144 valence electrons. The van der Waals surface area contributed by atoms with Crippen LogP contribution in [-0.4, -0.2) is 59.9 Å². The van der Waals surface area contributed by atoms with Crippen LogP contribution in [0.2, 0.25) is 0 Å². The molecule has 1 amide bonds. The van der Waals surface area contributed by atoms with Crippen LogP contribution in [-0.2, 0) is 19.6 Å². The molecular weight excluding hydrogens is 368 g/mol. The van der Waals surface area contributed by atoms with E-state index in [1.165, 1.54) is 6.92 Å². The number of nitrogens with one attached hydrogen (secondary N) is 2. The molecule has 1 aromatic heterocycles. The number of ether oxygens (including phenoxy) is 1. The van der Waals surface area contributed by atoms with Gasteiger partial charge in [0.05, 0.1) is 34.0 Å². The monoisotopic (exact) mass is 390 g/mol. The molecular formula is C18H22N4O4S. The summed E-state index contributed by atoms with van der Waals surface area (Å²) < 4.78 is 34.3. The number of hydrogen-bond acceptors (Lipinski definition) is 5. The van der Waals surface area contributed by atoms with Gasteiger partial charge in [0, 0.05) is 38.4 Å². The summed E-state index contributed by atoms with van der Waals surface area (Å²) in [4.78, 5) is 18.7. The van der Waals surface area contributed by atoms with Crippen molar-refractivity contribution in [3.8, 4) is 0 Å². The second-order valence-corrected chi connectivity index (χ2v) is 9.78. The van der Waals surface area contributed by atoms with E-state index in [-0.39, 0.29) is 28.7 Å². The van der Waals surface area contributed by atoms with E-state index in [0.717, 1.165) is 18.4 Å². The second kappa shape index (κ2) is 5.76. The highest BCUT2D eigenvalue weighted by atomic mass is 32.2. The maximum atomic E-state index is 13.2. The van der Waals surface area contributed by atoms with Crippen LogP contribution in [0.3, 0.4) is 0 Å². The van der Waals surface area contributed by atoms with Crippen LogP contribution >= 0.6 is 0 Å². The van der Waals surface area contributed by atoms with E-state index in [0.29, 0.717) is 25.2 Å². The Morgan fingerprint density at radius 3 is 3.15 bits per heavy atom. The number of amides is 1. The zero-order chi connectivity index (χ0) is 18.8. The van der Waals surface area contributed by atoms with Crippen LogP contribution < -0.4 is 5.32 Å². The Bertz CT molecular complexity index is 1020. The van der Waals surface area contributed by atoms with Gasteiger partial charge in [-0.1, -0.05) is 0 Å². The molecule has 5 rings (SSSR count). The molecule has 27 heavy (non-hydrogen) atoms. The zero-order valence-electron chi connectivity index (χ0n) is 15.0. The second-order valence-electron chi connectivity index (χ2n) is 7.85. The molecule has 4 heterocycles. The summed E-state index contributed by atoms with van der Waals surface area (Å²) in [6.45, 7) is 2.86. The molecule has 0 unspecified atom stereocenters. The van der Waals surface area contributed by atoms with Gasteiger partial charge in [-0.2, -0.15) is 4.31 Å². The lowest BCUT2D eigenvalue weighted by Gasteiger charge is -2.29. The fraction of sp³-hybridized carbons (Fsp3) is 0.556. The van der Waals surface area contributed by atoms with Crippen molar-refractivity contribution in [2.45, 2.75) is 36.4 Å². The average molecular weight is 390 g/mol. The summed E-state index contributed by atoms with van der Waals surface area (Å²) in [7, 11) is -3.62. The molecule has 2 N–H and O–H groups in total. The zero-order valence-corrected chi connectivity index (χ0v) is 15.8. The lowest BCUT2D eigenvalue weighted by atomic mass is 9.73. The van der Waals surface area contributed by atoms with Crippen molar-refractivity contribution in [3.63, 3.8) is 0 Å². The van der Waals surface area contributed by atoms with Gasteiger partial charge in [0.25, 0.3) is 0 Å². The Hall–Kier alpha value is -1.97. The van der Waals surface area contributed by atoms with Gasteiger partial charge in [0.1, 0.15) is 0 Å². The lowest BCUT2D eigenvalue weighted by Crippen LogP contribution is -2.41. The third-order valence-corrected chi connectivity index (χ3v) is 8.18. The van der Waals surface area contributed by atoms with E-state index in [9.17, 15) is 13.2 Å². The van der Waals surface area contributed by atoms with Crippen molar-refractivity contribution >= 4 is 27.0 Å². The van der Waals surface area contributed by atoms with E-state index in [1.54, 1.807) is 28.8 Å². The van der Waals surface area contributed by atoms with Crippen molar-refractivity contribution in [2.24, 2.45) is 11.8 Å². The smallest absolute Gasteiger partial charge is 0.243 e. The molecule has 0 saturated carbocycles. The number of aromatic amines is 1. The number of H-pyrrole nitrogens is 1. The quantitative estimate of drug-likeness (QED) is 0.806. The number of rotatable bonds is 4. The maximum Gasteiger partial charge on any atom is 0.243 e. The number of sulfonamides is 1. The minimum atomic E-state index is -3.62. The van der Waals surface area contributed by atoms with Crippen molar-refractivity contribution in [3.05, 3.63) is 24.5 Å². The number of benzene rings is 1. The normalized spacial score (nSPS) is 32.9. The average Bonchev–Trinajstić information content (AvgIpc) is 3.38. The first-order valence-electron chi connectivity index (χ1n) is 9.25. The SMILES string of the molecule is CC(=O)NC[C@H]1[C@H]2CN(S(=O)(=O)c3ccc4nc[nH]c4c3)C[C@]23CC[C@H]1O3. The Morgan fingerprint density at radius 2 is 2.33 bits per heavy atom. The number of imidazole rings is 1. The summed E-state index contributed by atoms with van der Waals surface area (Å²) >= 11 is 0. The molecule has 4 atom stereocenters. The van der Waals surface area contributed by atoms with Crippen molar-refractivity contribution in [1.29, 1.82) is 0 Å². The summed E-state index contributed by atoms with van der Waals surface area (Å²) in [6, 6.07) is 4.96.